The molecule has 166 valence electrons. The first-order chi connectivity index (χ1) is 14.8. The molecule has 2 amide bonds. The Morgan fingerprint density at radius 1 is 1.39 bits per heavy atom. The van der Waals surface area contributed by atoms with Crippen molar-refractivity contribution in [3.63, 3.8) is 0 Å². The van der Waals surface area contributed by atoms with Gasteiger partial charge in [0.1, 0.15) is 17.8 Å². The van der Waals surface area contributed by atoms with E-state index >= 15 is 0 Å². The second-order valence-electron chi connectivity index (χ2n) is 7.87. The Balaban J connectivity index is 0.000000858. The van der Waals surface area contributed by atoms with Gasteiger partial charge in [-0.1, -0.05) is 12.1 Å². The van der Waals surface area contributed by atoms with Gasteiger partial charge in [0.05, 0.1) is 28.2 Å². The van der Waals surface area contributed by atoms with Gasteiger partial charge in [-0.2, -0.15) is 0 Å². The fourth-order valence-electron chi connectivity index (χ4n) is 4.14. The minimum atomic E-state index is -0.829. The molecule has 4 rings (SSSR count). The van der Waals surface area contributed by atoms with Gasteiger partial charge in [0.25, 0.3) is 6.47 Å². The highest BCUT2D eigenvalue weighted by atomic mass is 16.3. The number of rotatable bonds is 4. The SMILES string of the molecule is CCNC(=O)Nc1cccc2c1[nH]c1ncnc(N3CCC[C@@H]3C(C)(C)O)c12.O=CO. The largest absolute Gasteiger partial charge is 0.483 e. The number of hydrogen-bond acceptors (Lipinski definition) is 6. The summed E-state index contributed by atoms with van der Waals surface area (Å²) in [5.41, 5.74) is 1.38. The van der Waals surface area contributed by atoms with Crippen molar-refractivity contribution in [2.24, 2.45) is 0 Å². The van der Waals surface area contributed by atoms with Crippen molar-refractivity contribution in [1.29, 1.82) is 0 Å². The highest BCUT2D eigenvalue weighted by Crippen LogP contribution is 2.38. The van der Waals surface area contributed by atoms with Crippen molar-refractivity contribution in [3.8, 4) is 0 Å². The van der Waals surface area contributed by atoms with Gasteiger partial charge in [-0.15, -0.1) is 0 Å². The van der Waals surface area contributed by atoms with Gasteiger partial charge < -0.3 is 30.7 Å². The number of anilines is 2. The van der Waals surface area contributed by atoms with E-state index in [1.165, 1.54) is 0 Å². The summed E-state index contributed by atoms with van der Waals surface area (Å²) >= 11 is 0. The van der Waals surface area contributed by atoms with Crippen molar-refractivity contribution >= 4 is 45.9 Å². The summed E-state index contributed by atoms with van der Waals surface area (Å²) in [6.07, 6.45) is 3.47. The molecule has 0 unspecified atom stereocenters. The molecule has 3 heterocycles. The van der Waals surface area contributed by atoms with Gasteiger partial charge in [0.2, 0.25) is 0 Å². The van der Waals surface area contributed by atoms with Crippen molar-refractivity contribution in [1.82, 2.24) is 20.3 Å². The molecule has 0 saturated carbocycles. The lowest BCUT2D eigenvalue weighted by Gasteiger charge is -2.34. The summed E-state index contributed by atoms with van der Waals surface area (Å²) in [5.74, 6) is 0.816. The summed E-state index contributed by atoms with van der Waals surface area (Å²) in [5, 5.41) is 25.0. The number of carbonyl (C=O) groups excluding carboxylic acids is 1. The highest BCUT2D eigenvalue weighted by molar-refractivity contribution is 6.15. The Morgan fingerprint density at radius 3 is 2.81 bits per heavy atom. The number of urea groups is 1. The number of aliphatic hydroxyl groups is 1. The van der Waals surface area contributed by atoms with Crippen LogP contribution in [0.2, 0.25) is 0 Å². The van der Waals surface area contributed by atoms with Crippen LogP contribution in [0.1, 0.15) is 33.6 Å². The van der Waals surface area contributed by atoms with Gasteiger partial charge >= 0.3 is 6.03 Å². The number of carboxylic acid groups (broad SMARTS) is 1. The van der Waals surface area contributed by atoms with Crippen molar-refractivity contribution < 1.29 is 19.8 Å². The molecule has 1 atom stereocenters. The number of nitrogens with zero attached hydrogens (tertiary/aromatic N) is 3. The molecular formula is C21H28N6O4. The van der Waals surface area contributed by atoms with Crippen LogP contribution in [0.15, 0.2) is 24.5 Å². The average Bonchev–Trinajstić information content (AvgIpc) is 3.34. The number of aromatic amines is 1. The number of para-hydroxylation sites is 1. The molecule has 10 heteroatoms. The number of hydrogen-bond donors (Lipinski definition) is 5. The Morgan fingerprint density at radius 2 is 2.13 bits per heavy atom. The number of carbonyl (C=O) groups is 2. The first kappa shape index (κ1) is 22.3. The predicted octanol–water partition coefficient (Wildman–Crippen LogP) is 2.69. The van der Waals surface area contributed by atoms with Crippen LogP contribution >= 0.6 is 0 Å². The Bertz CT molecular complexity index is 1070. The maximum atomic E-state index is 12.0. The van der Waals surface area contributed by atoms with Crippen LogP contribution in [0.4, 0.5) is 16.3 Å². The Hall–Kier alpha value is -3.40. The molecule has 1 saturated heterocycles. The maximum absolute atomic E-state index is 12.0. The van der Waals surface area contributed by atoms with Crippen LogP contribution in [0.3, 0.4) is 0 Å². The minimum Gasteiger partial charge on any atom is -0.483 e. The lowest BCUT2D eigenvalue weighted by Crippen LogP contribution is -2.46. The monoisotopic (exact) mass is 428 g/mol. The standard InChI is InChI=1S/C20H26N6O2.CH2O2/c1-4-21-19(27)24-13-8-5-7-12-15-17(25-16(12)13)22-11-23-18(15)26-10-6-9-14(26)20(2,3)28;2-1-3/h5,7-8,11,14,28H,4,6,9-10H2,1-3H3,(H2,21,24,27)(H,22,23,25);1H,(H,2,3)/t14-;/m1./s1. The molecule has 1 aliphatic heterocycles. The Kier molecular flexibility index (Phi) is 6.59. The number of amides is 2. The van der Waals surface area contributed by atoms with E-state index in [1.807, 2.05) is 39.0 Å². The second kappa shape index (κ2) is 9.17. The van der Waals surface area contributed by atoms with E-state index < -0.39 is 5.60 Å². The summed E-state index contributed by atoms with van der Waals surface area (Å²) in [6, 6.07) is 5.51. The lowest BCUT2D eigenvalue weighted by molar-refractivity contribution is -0.122. The van der Waals surface area contributed by atoms with Gasteiger partial charge in [-0.05, 0) is 39.7 Å². The van der Waals surface area contributed by atoms with Gasteiger partial charge in [-0.25, -0.2) is 14.8 Å². The third-order valence-corrected chi connectivity index (χ3v) is 5.33. The van der Waals surface area contributed by atoms with Gasteiger partial charge in [-0.3, -0.25) is 4.79 Å². The van der Waals surface area contributed by atoms with E-state index in [4.69, 9.17) is 9.90 Å². The van der Waals surface area contributed by atoms with E-state index in [1.54, 1.807) is 6.33 Å². The van der Waals surface area contributed by atoms with Gasteiger partial charge in [0.15, 0.2) is 0 Å². The number of benzene rings is 1. The van der Waals surface area contributed by atoms with E-state index in [0.29, 0.717) is 17.9 Å². The summed E-state index contributed by atoms with van der Waals surface area (Å²) in [7, 11) is 0. The number of nitrogens with one attached hydrogen (secondary N) is 3. The van der Waals surface area contributed by atoms with Crippen LogP contribution in [-0.4, -0.2) is 62.4 Å². The molecule has 0 radical (unpaired) electrons. The fourth-order valence-corrected chi connectivity index (χ4v) is 4.14. The first-order valence-corrected chi connectivity index (χ1v) is 10.2. The minimum absolute atomic E-state index is 0.00723. The van der Waals surface area contributed by atoms with Crippen LogP contribution in [0.25, 0.3) is 21.9 Å². The molecule has 0 spiro atoms. The lowest BCUT2D eigenvalue weighted by atomic mass is 9.96. The van der Waals surface area contributed by atoms with Crippen molar-refractivity contribution in [3.05, 3.63) is 24.5 Å². The molecule has 2 aromatic heterocycles. The molecule has 0 bridgehead atoms. The number of aromatic nitrogens is 3. The molecule has 1 aliphatic rings. The third kappa shape index (κ3) is 4.53. The second-order valence-corrected chi connectivity index (χ2v) is 7.87. The smallest absolute Gasteiger partial charge is 0.319 e. The zero-order valence-corrected chi connectivity index (χ0v) is 17.8. The summed E-state index contributed by atoms with van der Waals surface area (Å²) in [6.45, 7) is 6.71. The van der Waals surface area contributed by atoms with Crippen LogP contribution in [-0.2, 0) is 4.79 Å². The van der Waals surface area contributed by atoms with E-state index in [0.717, 1.165) is 41.5 Å². The Labute approximate surface area is 179 Å². The van der Waals surface area contributed by atoms with Gasteiger partial charge in [0, 0.05) is 18.5 Å². The summed E-state index contributed by atoms with van der Waals surface area (Å²) < 4.78 is 0. The summed E-state index contributed by atoms with van der Waals surface area (Å²) in [4.78, 5) is 34.9. The quantitative estimate of drug-likeness (QED) is 0.402. The maximum Gasteiger partial charge on any atom is 0.319 e. The average molecular weight is 428 g/mol. The van der Waals surface area contributed by atoms with E-state index in [9.17, 15) is 9.90 Å². The highest BCUT2D eigenvalue weighted by Gasteiger charge is 2.37. The topological polar surface area (TPSA) is 143 Å². The number of fused-ring (bicyclic) bond motifs is 3. The third-order valence-electron chi connectivity index (χ3n) is 5.33. The molecule has 1 aromatic carbocycles. The van der Waals surface area contributed by atoms with Crippen LogP contribution < -0.4 is 15.5 Å². The molecule has 5 N–H and O–H groups in total. The normalized spacial score (nSPS) is 16.1. The molecule has 10 nitrogen and oxygen atoms in total. The molecular weight excluding hydrogens is 400 g/mol. The molecule has 31 heavy (non-hydrogen) atoms. The molecule has 1 fully saturated rings. The van der Waals surface area contributed by atoms with E-state index in [2.05, 4.69) is 30.5 Å². The zero-order chi connectivity index (χ0) is 22.6. The van der Waals surface area contributed by atoms with Crippen LogP contribution in [0, 0.1) is 0 Å². The molecule has 0 aliphatic carbocycles. The zero-order valence-electron chi connectivity index (χ0n) is 17.8. The van der Waals surface area contributed by atoms with Crippen molar-refractivity contribution in [2.75, 3.05) is 23.3 Å². The predicted molar refractivity (Wildman–Crippen MR) is 119 cm³/mol. The fraction of sp³-hybridized carbons (Fsp3) is 0.429. The molecule has 3 aromatic rings. The van der Waals surface area contributed by atoms with E-state index in [-0.39, 0.29) is 18.5 Å². The first-order valence-electron chi connectivity index (χ1n) is 10.2. The van der Waals surface area contributed by atoms with Crippen LogP contribution in [0.5, 0.6) is 0 Å². The number of H-pyrrole nitrogens is 1. The van der Waals surface area contributed by atoms with Crippen molar-refractivity contribution in [2.45, 2.75) is 45.3 Å².